The predicted molar refractivity (Wildman–Crippen MR) is 74.7 cm³/mol. The number of rotatable bonds is 7. The van der Waals surface area contributed by atoms with E-state index in [1.807, 2.05) is 6.92 Å². The number of hydrogen-bond donors (Lipinski definition) is 3. The van der Waals surface area contributed by atoms with E-state index >= 15 is 0 Å². The lowest BCUT2D eigenvalue weighted by Crippen LogP contribution is -2.41. The van der Waals surface area contributed by atoms with Crippen LogP contribution in [0.25, 0.3) is 0 Å². The highest BCUT2D eigenvalue weighted by atomic mass is 16.5. The molecule has 0 heterocycles. The maximum absolute atomic E-state index is 11.8. The van der Waals surface area contributed by atoms with Crippen LogP contribution in [0.2, 0.25) is 0 Å². The average Bonchev–Trinajstić information content (AvgIpc) is 2.45. The Balaban J connectivity index is 2.41. The van der Waals surface area contributed by atoms with Gasteiger partial charge >= 0.3 is 5.97 Å². The minimum absolute atomic E-state index is 0.0333. The van der Waals surface area contributed by atoms with Crippen LogP contribution < -0.4 is 15.6 Å². The Hall–Kier alpha value is -2.57. The van der Waals surface area contributed by atoms with Gasteiger partial charge in [-0.05, 0) is 31.5 Å². The first-order valence-corrected chi connectivity index (χ1v) is 6.56. The van der Waals surface area contributed by atoms with Crippen LogP contribution in [0.3, 0.4) is 0 Å². The lowest BCUT2D eigenvalue weighted by atomic mass is 10.2. The summed E-state index contributed by atoms with van der Waals surface area (Å²) in [7, 11) is 0. The molecule has 1 aromatic rings. The maximum Gasteiger partial charge on any atom is 0.303 e. The summed E-state index contributed by atoms with van der Waals surface area (Å²) in [6, 6.07) is 6.56. The van der Waals surface area contributed by atoms with Crippen molar-refractivity contribution in [2.45, 2.75) is 26.2 Å². The summed E-state index contributed by atoms with van der Waals surface area (Å²) >= 11 is 0. The van der Waals surface area contributed by atoms with E-state index in [9.17, 15) is 14.4 Å². The van der Waals surface area contributed by atoms with Gasteiger partial charge in [0.15, 0.2) is 0 Å². The summed E-state index contributed by atoms with van der Waals surface area (Å²) in [6.45, 7) is 2.33. The Morgan fingerprint density at radius 3 is 2.62 bits per heavy atom. The summed E-state index contributed by atoms with van der Waals surface area (Å²) in [5.41, 5.74) is 4.85. The van der Waals surface area contributed by atoms with E-state index < -0.39 is 17.8 Å². The van der Waals surface area contributed by atoms with Gasteiger partial charge in [0.25, 0.3) is 5.91 Å². The highest BCUT2D eigenvalue weighted by molar-refractivity contribution is 5.95. The third-order valence-corrected chi connectivity index (χ3v) is 2.52. The average molecular weight is 294 g/mol. The first kappa shape index (κ1) is 16.5. The summed E-state index contributed by atoms with van der Waals surface area (Å²) < 4.78 is 5.27. The number of carbonyl (C=O) groups excluding carboxylic acids is 2. The molecule has 0 saturated heterocycles. The number of hydrazine groups is 1. The quantitative estimate of drug-likeness (QED) is 0.653. The SMILES string of the molecule is CCOc1cccc(C(=O)NNC(=O)CCCC(=O)O)c1. The second-order valence-electron chi connectivity index (χ2n) is 4.21. The molecule has 0 atom stereocenters. The molecule has 21 heavy (non-hydrogen) atoms. The van der Waals surface area contributed by atoms with Crippen LogP contribution in [0.4, 0.5) is 0 Å². The molecule has 7 heteroatoms. The number of amides is 2. The second kappa shape index (κ2) is 8.57. The molecule has 0 spiro atoms. The Bertz CT molecular complexity index is 516. The molecule has 0 saturated carbocycles. The molecular formula is C14H18N2O5. The summed E-state index contributed by atoms with van der Waals surface area (Å²) in [5.74, 6) is -1.30. The van der Waals surface area contributed by atoms with Crippen LogP contribution >= 0.6 is 0 Å². The zero-order chi connectivity index (χ0) is 15.7. The molecule has 2 amide bonds. The van der Waals surface area contributed by atoms with Crippen LogP contribution in [0.1, 0.15) is 36.5 Å². The zero-order valence-electron chi connectivity index (χ0n) is 11.7. The molecule has 0 aliphatic heterocycles. The largest absolute Gasteiger partial charge is 0.494 e. The van der Waals surface area contributed by atoms with Gasteiger partial charge in [0, 0.05) is 18.4 Å². The van der Waals surface area contributed by atoms with Crippen molar-refractivity contribution in [3.63, 3.8) is 0 Å². The third-order valence-electron chi connectivity index (χ3n) is 2.52. The van der Waals surface area contributed by atoms with Crippen LogP contribution in [0.5, 0.6) is 5.75 Å². The van der Waals surface area contributed by atoms with Gasteiger partial charge in [-0.3, -0.25) is 25.2 Å². The molecule has 0 fully saturated rings. The third kappa shape index (κ3) is 6.42. The van der Waals surface area contributed by atoms with Crippen molar-refractivity contribution < 1.29 is 24.2 Å². The lowest BCUT2D eigenvalue weighted by molar-refractivity contribution is -0.137. The number of benzene rings is 1. The molecule has 3 N–H and O–H groups in total. The highest BCUT2D eigenvalue weighted by Gasteiger charge is 2.09. The molecule has 0 aliphatic rings. The number of hydrogen-bond acceptors (Lipinski definition) is 4. The fourth-order valence-corrected chi connectivity index (χ4v) is 1.56. The Kier molecular flexibility index (Phi) is 6.73. The van der Waals surface area contributed by atoms with Gasteiger partial charge in [0.05, 0.1) is 6.61 Å². The molecule has 0 unspecified atom stereocenters. The first-order valence-electron chi connectivity index (χ1n) is 6.56. The number of carboxylic acids is 1. The number of carboxylic acid groups (broad SMARTS) is 1. The van der Waals surface area contributed by atoms with Gasteiger partial charge < -0.3 is 9.84 Å². The normalized spacial score (nSPS) is 9.76. The standard InChI is InChI=1S/C14H18N2O5/c1-2-21-11-6-3-5-10(9-11)14(20)16-15-12(17)7-4-8-13(18)19/h3,5-6,9H,2,4,7-8H2,1H3,(H,15,17)(H,16,20)(H,18,19). The van der Waals surface area contributed by atoms with Crippen molar-refractivity contribution in [2.24, 2.45) is 0 Å². The molecule has 0 bridgehead atoms. The van der Waals surface area contributed by atoms with E-state index in [1.54, 1.807) is 24.3 Å². The second-order valence-corrected chi connectivity index (χ2v) is 4.21. The van der Waals surface area contributed by atoms with Crippen molar-refractivity contribution in [3.05, 3.63) is 29.8 Å². The maximum atomic E-state index is 11.8. The van der Waals surface area contributed by atoms with E-state index in [-0.39, 0.29) is 19.3 Å². The van der Waals surface area contributed by atoms with Gasteiger partial charge in [-0.25, -0.2) is 0 Å². The van der Waals surface area contributed by atoms with E-state index in [4.69, 9.17) is 9.84 Å². The van der Waals surface area contributed by atoms with Crippen molar-refractivity contribution in [1.82, 2.24) is 10.9 Å². The predicted octanol–water partition coefficient (Wildman–Crippen LogP) is 1.10. The number of ether oxygens (including phenoxy) is 1. The summed E-state index contributed by atoms with van der Waals surface area (Å²) in [4.78, 5) is 33.5. The van der Waals surface area contributed by atoms with Crippen LogP contribution in [-0.2, 0) is 9.59 Å². The molecule has 7 nitrogen and oxygen atoms in total. The minimum Gasteiger partial charge on any atom is -0.494 e. The van der Waals surface area contributed by atoms with Gasteiger partial charge in [-0.15, -0.1) is 0 Å². The van der Waals surface area contributed by atoms with Gasteiger partial charge in [0.2, 0.25) is 5.91 Å². The molecule has 1 rings (SSSR count). The number of aliphatic carboxylic acids is 1. The number of carbonyl (C=O) groups is 3. The Morgan fingerprint density at radius 2 is 1.95 bits per heavy atom. The molecule has 1 aromatic carbocycles. The van der Waals surface area contributed by atoms with Crippen molar-refractivity contribution in [3.8, 4) is 5.75 Å². The lowest BCUT2D eigenvalue weighted by Gasteiger charge is -2.08. The molecule has 0 aromatic heterocycles. The smallest absolute Gasteiger partial charge is 0.303 e. The van der Waals surface area contributed by atoms with Gasteiger partial charge in [-0.1, -0.05) is 6.07 Å². The first-order chi connectivity index (χ1) is 10.0. The van der Waals surface area contributed by atoms with Crippen molar-refractivity contribution >= 4 is 17.8 Å². The Morgan fingerprint density at radius 1 is 1.19 bits per heavy atom. The Labute approximate surface area is 122 Å². The van der Waals surface area contributed by atoms with Gasteiger partial charge in [-0.2, -0.15) is 0 Å². The van der Waals surface area contributed by atoms with E-state index in [0.717, 1.165) is 0 Å². The fraction of sp³-hybridized carbons (Fsp3) is 0.357. The molecule has 0 aliphatic carbocycles. The van der Waals surface area contributed by atoms with E-state index in [2.05, 4.69) is 10.9 Å². The molecular weight excluding hydrogens is 276 g/mol. The fourth-order valence-electron chi connectivity index (χ4n) is 1.56. The van der Waals surface area contributed by atoms with Gasteiger partial charge in [0.1, 0.15) is 5.75 Å². The van der Waals surface area contributed by atoms with E-state index in [0.29, 0.717) is 17.9 Å². The highest BCUT2D eigenvalue weighted by Crippen LogP contribution is 2.12. The van der Waals surface area contributed by atoms with Crippen LogP contribution in [0.15, 0.2) is 24.3 Å². The minimum atomic E-state index is -0.959. The monoisotopic (exact) mass is 294 g/mol. The summed E-state index contributed by atoms with van der Waals surface area (Å²) in [6.07, 6.45) is 0.167. The van der Waals surface area contributed by atoms with Crippen LogP contribution in [0, 0.1) is 0 Å². The summed E-state index contributed by atoms with van der Waals surface area (Å²) in [5, 5.41) is 8.45. The molecule has 0 radical (unpaired) electrons. The van der Waals surface area contributed by atoms with Crippen molar-refractivity contribution in [1.29, 1.82) is 0 Å². The topological polar surface area (TPSA) is 105 Å². The zero-order valence-corrected chi connectivity index (χ0v) is 11.7. The molecule has 114 valence electrons. The van der Waals surface area contributed by atoms with E-state index in [1.165, 1.54) is 0 Å². The van der Waals surface area contributed by atoms with Crippen molar-refractivity contribution in [2.75, 3.05) is 6.61 Å². The van der Waals surface area contributed by atoms with Crippen LogP contribution in [-0.4, -0.2) is 29.5 Å². The number of nitrogens with one attached hydrogen (secondary N) is 2.